The summed E-state index contributed by atoms with van der Waals surface area (Å²) in [6.07, 6.45) is 0.506. The van der Waals surface area contributed by atoms with Crippen molar-refractivity contribution in [2.75, 3.05) is 13.7 Å². The number of halogens is 3. The van der Waals surface area contributed by atoms with Gasteiger partial charge in [-0.15, -0.1) is 0 Å². The van der Waals surface area contributed by atoms with Crippen molar-refractivity contribution >= 4 is 15.9 Å². The number of aliphatic hydroxyl groups excluding tert-OH is 1. The first kappa shape index (κ1) is 16.1. The van der Waals surface area contributed by atoms with E-state index in [9.17, 15) is 13.9 Å². The van der Waals surface area contributed by atoms with Crippen LogP contribution in [0.1, 0.15) is 17.4 Å². The number of aliphatic hydroxyl groups is 1. The summed E-state index contributed by atoms with van der Waals surface area (Å²) in [5, 5.41) is 14.4. The fourth-order valence-electron chi connectivity index (χ4n) is 2.07. The Hall–Kier alpha value is -1.31. The molecule has 0 aliphatic carbocycles. The van der Waals surface area contributed by atoms with Gasteiger partial charge in [0.2, 0.25) is 0 Å². The molecule has 0 spiro atoms. The monoisotopic (exact) mass is 360 g/mol. The molecular weight excluding hydrogens is 346 g/mol. The third-order valence-corrected chi connectivity index (χ3v) is 3.71. The number of hydrogen-bond donors (Lipinski definition) is 1. The number of aromatic nitrogens is 2. The van der Waals surface area contributed by atoms with Crippen LogP contribution in [-0.2, 0) is 17.7 Å². The second-order valence-electron chi connectivity index (χ2n) is 4.53. The van der Waals surface area contributed by atoms with E-state index < -0.39 is 17.7 Å². The van der Waals surface area contributed by atoms with E-state index in [2.05, 4.69) is 21.0 Å². The van der Waals surface area contributed by atoms with Crippen LogP contribution in [0.2, 0.25) is 0 Å². The SMILES string of the molecule is COCCn1ncc(Br)c1C(O)Cc1cccc(F)c1F. The van der Waals surface area contributed by atoms with Gasteiger partial charge in [0.1, 0.15) is 6.10 Å². The molecule has 0 aliphatic rings. The van der Waals surface area contributed by atoms with Gasteiger partial charge in [0, 0.05) is 13.5 Å². The third kappa shape index (κ3) is 3.66. The van der Waals surface area contributed by atoms with Gasteiger partial charge in [-0.05, 0) is 27.6 Å². The molecular formula is C14H15BrF2N2O2. The molecule has 1 unspecified atom stereocenters. The summed E-state index contributed by atoms with van der Waals surface area (Å²) in [5.74, 6) is -1.86. The van der Waals surface area contributed by atoms with Crippen LogP contribution >= 0.6 is 15.9 Å². The predicted octanol–water partition coefficient (Wildman–Crippen LogP) is 2.85. The first-order valence-electron chi connectivity index (χ1n) is 6.35. The Morgan fingerprint density at radius 1 is 1.43 bits per heavy atom. The van der Waals surface area contributed by atoms with E-state index in [1.807, 2.05) is 0 Å². The van der Waals surface area contributed by atoms with Crippen molar-refractivity contribution in [3.8, 4) is 0 Å². The molecule has 7 heteroatoms. The number of nitrogens with zero attached hydrogens (tertiary/aromatic N) is 2. The van der Waals surface area contributed by atoms with Crippen LogP contribution in [0.4, 0.5) is 8.78 Å². The molecule has 2 aromatic rings. The van der Waals surface area contributed by atoms with Gasteiger partial charge in [-0.2, -0.15) is 5.10 Å². The quantitative estimate of drug-likeness (QED) is 0.861. The minimum Gasteiger partial charge on any atom is -0.386 e. The van der Waals surface area contributed by atoms with Crippen LogP contribution in [0.3, 0.4) is 0 Å². The van der Waals surface area contributed by atoms with Crippen LogP contribution in [0, 0.1) is 11.6 Å². The Balaban J connectivity index is 2.22. The lowest BCUT2D eigenvalue weighted by Crippen LogP contribution is -2.15. The highest BCUT2D eigenvalue weighted by molar-refractivity contribution is 9.10. The highest BCUT2D eigenvalue weighted by Gasteiger charge is 2.20. The molecule has 114 valence electrons. The fourth-order valence-corrected chi connectivity index (χ4v) is 2.63. The summed E-state index contributed by atoms with van der Waals surface area (Å²) >= 11 is 3.30. The van der Waals surface area contributed by atoms with Crippen molar-refractivity contribution in [3.63, 3.8) is 0 Å². The number of benzene rings is 1. The van der Waals surface area contributed by atoms with E-state index in [0.29, 0.717) is 23.3 Å². The number of hydrogen-bond acceptors (Lipinski definition) is 3. The van der Waals surface area contributed by atoms with E-state index in [0.717, 1.165) is 6.07 Å². The van der Waals surface area contributed by atoms with Crippen LogP contribution in [-0.4, -0.2) is 28.6 Å². The summed E-state index contributed by atoms with van der Waals surface area (Å²) in [6.45, 7) is 0.891. The first-order chi connectivity index (χ1) is 10.0. The van der Waals surface area contributed by atoms with Crippen LogP contribution in [0.25, 0.3) is 0 Å². The Kier molecular flexibility index (Phi) is 5.44. The third-order valence-electron chi connectivity index (χ3n) is 3.10. The topological polar surface area (TPSA) is 47.3 Å². The summed E-state index contributed by atoms with van der Waals surface area (Å²) in [6, 6.07) is 3.91. The number of rotatable bonds is 6. The molecule has 1 aromatic carbocycles. The lowest BCUT2D eigenvalue weighted by Gasteiger charge is -2.15. The Bertz CT molecular complexity index is 619. The maximum absolute atomic E-state index is 13.7. The van der Waals surface area contributed by atoms with Gasteiger partial charge in [0.15, 0.2) is 11.6 Å². The largest absolute Gasteiger partial charge is 0.386 e. The fraction of sp³-hybridized carbons (Fsp3) is 0.357. The number of ether oxygens (including phenoxy) is 1. The molecule has 4 nitrogen and oxygen atoms in total. The zero-order chi connectivity index (χ0) is 15.4. The van der Waals surface area contributed by atoms with Gasteiger partial charge in [-0.1, -0.05) is 12.1 Å². The summed E-state index contributed by atoms with van der Waals surface area (Å²) in [5.41, 5.74) is 0.629. The Morgan fingerprint density at radius 3 is 2.90 bits per heavy atom. The lowest BCUT2D eigenvalue weighted by atomic mass is 10.0. The summed E-state index contributed by atoms with van der Waals surface area (Å²) in [4.78, 5) is 0. The molecule has 0 bridgehead atoms. The standard InChI is InChI=1S/C14H15BrF2N2O2/c1-21-6-5-19-14(10(15)8-18-19)12(20)7-9-3-2-4-11(16)13(9)17/h2-4,8,12,20H,5-7H2,1H3. The second kappa shape index (κ2) is 7.11. The average molecular weight is 361 g/mol. The minimum absolute atomic E-state index is 0.0408. The Labute approximate surface area is 129 Å². The average Bonchev–Trinajstić information content (AvgIpc) is 2.82. The van der Waals surface area contributed by atoms with Crippen molar-refractivity contribution in [1.29, 1.82) is 0 Å². The van der Waals surface area contributed by atoms with Gasteiger partial charge in [0.05, 0.1) is 29.5 Å². The molecule has 21 heavy (non-hydrogen) atoms. The molecule has 0 aliphatic heterocycles. The van der Waals surface area contributed by atoms with Crippen LogP contribution in [0.15, 0.2) is 28.9 Å². The molecule has 0 saturated heterocycles. The molecule has 2 rings (SSSR count). The van der Waals surface area contributed by atoms with Crippen LogP contribution < -0.4 is 0 Å². The van der Waals surface area contributed by atoms with Crippen molar-refractivity contribution in [2.45, 2.75) is 19.1 Å². The van der Waals surface area contributed by atoms with E-state index in [4.69, 9.17) is 4.74 Å². The first-order valence-corrected chi connectivity index (χ1v) is 7.15. The molecule has 1 atom stereocenters. The van der Waals surface area contributed by atoms with E-state index >= 15 is 0 Å². The van der Waals surface area contributed by atoms with Crippen molar-refractivity contribution < 1.29 is 18.6 Å². The molecule has 0 fully saturated rings. The van der Waals surface area contributed by atoms with Crippen LogP contribution in [0.5, 0.6) is 0 Å². The Morgan fingerprint density at radius 2 is 2.19 bits per heavy atom. The van der Waals surface area contributed by atoms with Gasteiger partial charge in [-0.3, -0.25) is 4.68 Å². The van der Waals surface area contributed by atoms with Crippen molar-refractivity contribution in [1.82, 2.24) is 9.78 Å². The zero-order valence-electron chi connectivity index (χ0n) is 11.4. The molecule has 1 N–H and O–H groups in total. The number of methoxy groups -OCH3 is 1. The minimum atomic E-state index is -1.00. The van der Waals surface area contributed by atoms with Crippen molar-refractivity contribution in [2.24, 2.45) is 0 Å². The highest BCUT2D eigenvalue weighted by Crippen LogP contribution is 2.27. The van der Waals surface area contributed by atoms with Gasteiger partial charge < -0.3 is 9.84 Å². The summed E-state index contributed by atoms with van der Waals surface area (Å²) < 4.78 is 34.0. The highest BCUT2D eigenvalue weighted by atomic mass is 79.9. The molecule has 1 heterocycles. The molecule has 1 aromatic heterocycles. The van der Waals surface area contributed by atoms with Gasteiger partial charge >= 0.3 is 0 Å². The zero-order valence-corrected chi connectivity index (χ0v) is 13.0. The van der Waals surface area contributed by atoms with Gasteiger partial charge in [0.25, 0.3) is 0 Å². The summed E-state index contributed by atoms with van der Waals surface area (Å²) in [7, 11) is 1.57. The molecule has 0 radical (unpaired) electrons. The second-order valence-corrected chi connectivity index (χ2v) is 5.38. The maximum atomic E-state index is 13.7. The normalized spacial score (nSPS) is 12.6. The van der Waals surface area contributed by atoms with E-state index in [1.54, 1.807) is 18.0 Å². The van der Waals surface area contributed by atoms with Gasteiger partial charge in [-0.25, -0.2) is 8.78 Å². The van der Waals surface area contributed by atoms with E-state index in [1.165, 1.54) is 12.1 Å². The molecule has 0 amide bonds. The van der Waals surface area contributed by atoms with E-state index in [-0.39, 0.29) is 12.0 Å². The smallest absolute Gasteiger partial charge is 0.162 e. The van der Waals surface area contributed by atoms with Crippen molar-refractivity contribution in [3.05, 3.63) is 51.8 Å². The maximum Gasteiger partial charge on any atom is 0.162 e. The lowest BCUT2D eigenvalue weighted by molar-refractivity contribution is 0.151. The molecule has 0 saturated carbocycles. The predicted molar refractivity (Wildman–Crippen MR) is 76.8 cm³/mol.